The van der Waals surface area contributed by atoms with Gasteiger partial charge in [0, 0.05) is 4.88 Å². The van der Waals surface area contributed by atoms with Gasteiger partial charge in [0.15, 0.2) is 5.96 Å². The third-order valence-corrected chi connectivity index (χ3v) is 3.45. The Hall–Kier alpha value is -1.10. The molecule has 4 nitrogen and oxygen atoms in total. The van der Waals surface area contributed by atoms with E-state index in [0.717, 1.165) is 18.8 Å². The lowest BCUT2D eigenvalue weighted by Gasteiger charge is -2.15. The third-order valence-electron chi connectivity index (χ3n) is 2.40. The van der Waals surface area contributed by atoms with Crippen LogP contribution in [0, 0.1) is 5.92 Å². The van der Waals surface area contributed by atoms with Crippen LogP contribution in [0.15, 0.2) is 4.99 Å². The molecule has 76 valence electrons. The lowest BCUT2D eigenvalue weighted by Crippen LogP contribution is -2.21. The minimum absolute atomic E-state index is 0.0872. The van der Waals surface area contributed by atoms with Crippen molar-refractivity contribution in [1.29, 1.82) is 0 Å². The maximum atomic E-state index is 5.30. The normalized spacial score (nSPS) is 20.2. The molecule has 1 atom stereocenters. The Labute approximate surface area is 87.1 Å². The van der Waals surface area contributed by atoms with Crippen molar-refractivity contribution in [2.45, 2.75) is 26.2 Å². The first kappa shape index (κ1) is 9.45. The molecule has 0 aromatic carbocycles. The fourth-order valence-corrected chi connectivity index (χ4v) is 2.69. The number of nitrogens with zero attached hydrogens (tertiary/aromatic N) is 2. The van der Waals surface area contributed by atoms with Crippen molar-refractivity contribution in [2.24, 2.45) is 22.4 Å². The van der Waals surface area contributed by atoms with E-state index in [1.165, 1.54) is 17.0 Å². The van der Waals surface area contributed by atoms with Gasteiger partial charge >= 0.3 is 0 Å². The van der Waals surface area contributed by atoms with E-state index in [9.17, 15) is 0 Å². The summed E-state index contributed by atoms with van der Waals surface area (Å²) >= 11 is 1.61. The molecular weight excluding hydrogens is 196 g/mol. The van der Waals surface area contributed by atoms with Gasteiger partial charge < -0.3 is 11.5 Å². The molecule has 0 spiro atoms. The summed E-state index contributed by atoms with van der Waals surface area (Å²) in [6.45, 7) is 2.25. The minimum Gasteiger partial charge on any atom is -0.370 e. The van der Waals surface area contributed by atoms with Crippen molar-refractivity contribution in [3.05, 3.63) is 10.6 Å². The summed E-state index contributed by atoms with van der Waals surface area (Å²) in [6.07, 6.45) is 3.43. The molecule has 14 heavy (non-hydrogen) atoms. The van der Waals surface area contributed by atoms with E-state index in [1.54, 1.807) is 11.3 Å². The lowest BCUT2D eigenvalue weighted by molar-refractivity contribution is 0.499. The van der Waals surface area contributed by atoms with Crippen molar-refractivity contribution < 1.29 is 0 Å². The Balaban J connectivity index is 2.28. The Morgan fingerprint density at radius 3 is 3.07 bits per heavy atom. The standard InChI is InChI=1S/C9H14N4S/c1-5-2-3-7-6(4-5)12-9(14-7)13-8(10)11/h5H,2-4H2,1H3,(H4,10,11,12,13)/t5-/m1/s1. The van der Waals surface area contributed by atoms with Gasteiger partial charge in [0.25, 0.3) is 0 Å². The van der Waals surface area contributed by atoms with Crippen LogP contribution in [0.1, 0.15) is 23.9 Å². The van der Waals surface area contributed by atoms with Gasteiger partial charge in [-0.2, -0.15) is 4.99 Å². The maximum Gasteiger partial charge on any atom is 0.212 e. The molecule has 1 aromatic heterocycles. The number of aromatic nitrogens is 1. The number of hydrogen-bond acceptors (Lipinski definition) is 3. The molecule has 1 aliphatic rings. The average Bonchev–Trinajstić information content (AvgIpc) is 2.44. The fourth-order valence-electron chi connectivity index (χ4n) is 1.69. The van der Waals surface area contributed by atoms with Crippen LogP contribution in [0.4, 0.5) is 5.13 Å². The Morgan fingerprint density at radius 1 is 1.57 bits per heavy atom. The molecular formula is C9H14N4S. The minimum atomic E-state index is 0.0872. The smallest absolute Gasteiger partial charge is 0.212 e. The number of fused-ring (bicyclic) bond motifs is 1. The van der Waals surface area contributed by atoms with Crippen molar-refractivity contribution in [3.63, 3.8) is 0 Å². The highest BCUT2D eigenvalue weighted by atomic mass is 32.1. The predicted molar refractivity (Wildman–Crippen MR) is 58.8 cm³/mol. The zero-order valence-corrected chi connectivity index (χ0v) is 8.97. The van der Waals surface area contributed by atoms with Crippen LogP contribution in [0.5, 0.6) is 0 Å². The van der Waals surface area contributed by atoms with Gasteiger partial charge in [0.05, 0.1) is 5.69 Å². The lowest BCUT2D eigenvalue weighted by atomic mass is 9.93. The molecule has 0 aliphatic heterocycles. The second-order valence-electron chi connectivity index (χ2n) is 3.75. The Bertz CT molecular complexity index is 365. The van der Waals surface area contributed by atoms with Crippen LogP contribution in [0.25, 0.3) is 0 Å². The summed E-state index contributed by atoms with van der Waals surface area (Å²) < 4.78 is 0. The molecule has 0 fully saturated rings. The second kappa shape index (κ2) is 3.57. The van der Waals surface area contributed by atoms with Gasteiger partial charge in [-0.25, -0.2) is 4.98 Å². The predicted octanol–water partition coefficient (Wildman–Crippen LogP) is 1.17. The van der Waals surface area contributed by atoms with Crippen LogP contribution in [0.3, 0.4) is 0 Å². The number of nitrogens with two attached hydrogens (primary N) is 2. The Morgan fingerprint density at radius 2 is 2.36 bits per heavy atom. The molecule has 1 aliphatic carbocycles. The molecule has 0 saturated heterocycles. The molecule has 1 heterocycles. The van der Waals surface area contributed by atoms with E-state index in [1.807, 2.05) is 0 Å². The average molecular weight is 210 g/mol. The largest absolute Gasteiger partial charge is 0.370 e. The van der Waals surface area contributed by atoms with Crippen LogP contribution < -0.4 is 11.5 Å². The molecule has 5 heteroatoms. The van der Waals surface area contributed by atoms with E-state index >= 15 is 0 Å². The fraction of sp³-hybridized carbons (Fsp3) is 0.556. The van der Waals surface area contributed by atoms with Gasteiger partial charge in [-0.3, -0.25) is 0 Å². The van der Waals surface area contributed by atoms with Crippen molar-refractivity contribution >= 4 is 22.4 Å². The van der Waals surface area contributed by atoms with Crippen LogP contribution in [-0.2, 0) is 12.8 Å². The maximum absolute atomic E-state index is 5.30. The SMILES string of the molecule is C[C@@H]1CCc2sc(N=C(N)N)nc2C1. The first-order valence-electron chi connectivity index (χ1n) is 4.73. The molecule has 4 N–H and O–H groups in total. The van der Waals surface area contributed by atoms with Crippen molar-refractivity contribution in [1.82, 2.24) is 4.98 Å². The van der Waals surface area contributed by atoms with E-state index in [2.05, 4.69) is 16.9 Å². The molecule has 0 saturated carbocycles. The summed E-state index contributed by atoms with van der Waals surface area (Å²) in [5, 5.41) is 0.698. The molecule has 0 unspecified atom stereocenters. The monoisotopic (exact) mass is 210 g/mol. The van der Waals surface area contributed by atoms with Gasteiger partial charge in [0.2, 0.25) is 5.13 Å². The summed E-state index contributed by atoms with van der Waals surface area (Å²) in [6, 6.07) is 0. The van der Waals surface area contributed by atoms with Gasteiger partial charge in [0.1, 0.15) is 0 Å². The first-order valence-corrected chi connectivity index (χ1v) is 5.55. The van der Waals surface area contributed by atoms with Crippen LogP contribution in [-0.4, -0.2) is 10.9 Å². The Kier molecular flexibility index (Phi) is 2.41. The number of guanidine groups is 1. The summed E-state index contributed by atoms with van der Waals surface area (Å²) in [4.78, 5) is 9.73. The van der Waals surface area contributed by atoms with E-state index in [0.29, 0.717) is 5.13 Å². The number of hydrogen-bond donors (Lipinski definition) is 2. The zero-order valence-electron chi connectivity index (χ0n) is 8.16. The highest BCUT2D eigenvalue weighted by Gasteiger charge is 2.19. The molecule has 2 rings (SSSR count). The highest BCUT2D eigenvalue weighted by molar-refractivity contribution is 7.15. The number of rotatable bonds is 1. The van der Waals surface area contributed by atoms with Crippen molar-refractivity contribution in [2.75, 3.05) is 0 Å². The first-order chi connectivity index (χ1) is 6.65. The number of thiazole rings is 1. The number of aryl methyl sites for hydroxylation is 1. The topological polar surface area (TPSA) is 77.3 Å². The second-order valence-corrected chi connectivity index (χ2v) is 4.81. The van der Waals surface area contributed by atoms with Crippen molar-refractivity contribution in [3.8, 4) is 0 Å². The van der Waals surface area contributed by atoms with Gasteiger partial charge in [-0.1, -0.05) is 18.3 Å². The van der Waals surface area contributed by atoms with Gasteiger partial charge in [-0.15, -0.1) is 0 Å². The third kappa shape index (κ3) is 1.87. The molecule has 1 aromatic rings. The van der Waals surface area contributed by atoms with Crippen LogP contribution >= 0.6 is 11.3 Å². The molecule has 0 amide bonds. The number of aliphatic imine (C=N–C) groups is 1. The highest BCUT2D eigenvalue weighted by Crippen LogP contribution is 2.32. The van der Waals surface area contributed by atoms with E-state index < -0.39 is 0 Å². The van der Waals surface area contributed by atoms with E-state index in [4.69, 9.17) is 11.5 Å². The molecule has 0 radical (unpaired) electrons. The summed E-state index contributed by atoms with van der Waals surface area (Å²) in [5.74, 6) is 0.820. The summed E-state index contributed by atoms with van der Waals surface area (Å²) in [5.41, 5.74) is 11.8. The zero-order chi connectivity index (χ0) is 10.1. The quantitative estimate of drug-likeness (QED) is 0.539. The van der Waals surface area contributed by atoms with Gasteiger partial charge in [-0.05, 0) is 25.2 Å². The van der Waals surface area contributed by atoms with E-state index in [-0.39, 0.29) is 5.96 Å². The molecule has 0 bridgehead atoms. The summed E-state index contributed by atoms with van der Waals surface area (Å²) in [7, 11) is 0. The van der Waals surface area contributed by atoms with Crippen LogP contribution in [0.2, 0.25) is 0 Å².